The number of carbonyl (C=O) groups excluding carboxylic acids is 2. The van der Waals surface area contributed by atoms with Crippen LogP contribution in [0, 0.1) is 6.92 Å². The molecule has 1 amide bonds. The average Bonchev–Trinajstić information content (AvgIpc) is 2.89. The predicted octanol–water partition coefficient (Wildman–Crippen LogP) is 3.57. The highest BCUT2D eigenvalue weighted by molar-refractivity contribution is 6.16. The maximum atomic E-state index is 13.0. The van der Waals surface area contributed by atoms with Gasteiger partial charge in [-0.2, -0.15) is 0 Å². The van der Waals surface area contributed by atoms with Crippen molar-refractivity contribution < 1.29 is 19.4 Å². The first-order valence-corrected chi connectivity index (χ1v) is 8.58. The monoisotopic (exact) mass is 363 g/mol. The third kappa shape index (κ3) is 3.77. The summed E-state index contributed by atoms with van der Waals surface area (Å²) in [5.74, 6) is -0.658. The normalized spacial score (nSPS) is 15.6. The van der Waals surface area contributed by atoms with Gasteiger partial charge in [0.15, 0.2) is 0 Å². The fraction of sp³-hybridized carbons (Fsp3) is 0.182. The van der Waals surface area contributed by atoms with E-state index in [0.717, 1.165) is 11.1 Å². The zero-order valence-corrected chi connectivity index (χ0v) is 15.5. The van der Waals surface area contributed by atoms with E-state index < -0.39 is 5.97 Å². The molecule has 0 radical (unpaired) electrons. The van der Waals surface area contributed by atoms with E-state index in [-0.39, 0.29) is 22.8 Å². The van der Waals surface area contributed by atoms with Crippen LogP contribution >= 0.6 is 0 Å². The van der Waals surface area contributed by atoms with E-state index in [9.17, 15) is 14.7 Å². The molecule has 2 aromatic rings. The number of benzene rings is 2. The molecule has 1 heterocycles. The van der Waals surface area contributed by atoms with Crippen LogP contribution in [0.4, 0.5) is 0 Å². The summed E-state index contributed by atoms with van der Waals surface area (Å²) in [5, 5.41) is 9.44. The first kappa shape index (κ1) is 18.5. The molecule has 1 aliphatic heterocycles. The Morgan fingerprint density at radius 1 is 1.07 bits per heavy atom. The standard InChI is InChI=1S/C22H21NO4/c1-14-4-6-17(7-5-14)13-23-15(2)20(22(26)27-3)19(21(23)25)12-16-8-10-18(24)11-9-16/h4-12,24H,13H2,1-3H3/b19-12-. The van der Waals surface area contributed by atoms with Crippen molar-refractivity contribution in [1.29, 1.82) is 0 Å². The molecule has 1 N–H and O–H groups in total. The Balaban J connectivity index is 2.00. The Labute approximate surface area is 158 Å². The summed E-state index contributed by atoms with van der Waals surface area (Å²) in [7, 11) is 1.30. The minimum atomic E-state index is -0.544. The van der Waals surface area contributed by atoms with E-state index in [0.29, 0.717) is 17.8 Å². The molecule has 27 heavy (non-hydrogen) atoms. The van der Waals surface area contributed by atoms with Crippen LogP contribution in [0.25, 0.3) is 6.08 Å². The zero-order valence-electron chi connectivity index (χ0n) is 15.5. The quantitative estimate of drug-likeness (QED) is 0.666. The number of rotatable bonds is 4. The van der Waals surface area contributed by atoms with Gasteiger partial charge in [-0.15, -0.1) is 0 Å². The number of phenols is 1. The lowest BCUT2D eigenvalue weighted by atomic mass is 10.0. The third-order valence-electron chi connectivity index (χ3n) is 4.57. The largest absolute Gasteiger partial charge is 0.508 e. The van der Waals surface area contributed by atoms with Gasteiger partial charge in [-0.25, -0.2) is 4.79 Å². The lowest BCUT2D eigenvalue weighted by molar-refractivity contribution is -0.136. The topological polar surface area (TPSA) is 66.8 Å². The molecule has 0 saturated carbocycles. The number of phenolic OH excluding ortho intramolecular Hbond substituents is 1. The maximum Gasteiger partial charge on any atom is 0.340 e. The van der Waals surface area contributed by atoms with Gasteiger partial charge < -0.3 is 14.7 Å². The van der Waals surface area contributed by atoms with Gasteiger partial charge in [-0.3, -0.25) is 4.79 Å². The summed E-state index contributed by atoms with van der Waals surface area (Å²) in [6.45, 7) is 4.12. The molecule has 0 unspecified atom stereocenters. The number of nitrogens with zero attached hydrogens (tertiary/aromatic N) is 1. The Morgan fingerprint density at radius 3 is 2.30 bits per heavy atom. The maximum absolute atomic E-state index is 13.0. The Morgan fingerprint density at radius 2 is 1.70 bits per heavy atom. The van der Waals surface area contributed by atoms with Gasteiger partial charge in [0.25, 0.3) is 5.91 Å². The van der Waals surface area contributed by atoms with Gasteiger partial charge >= 0.3 is 5.97 Å². The third-order valence-corrected chi connectivity index (χ3v) is 4.57. The van der Waals surface area contributed by atoms with Crippen LogP contribution < -0.4 is 0 Å². The second-order valence-electron chi connectivity index (χ2n) is 6.48. The Hall–Kier alpha value is -3.34. The molecular weight excluding hydrogens is 342 g/mol. The smallest absolute Gasteiger partial charge is 0.340 e. The van der Waals surface area contributed by atoms with Crippen molar-refractivity contribution in [3.63, 3.8) is 0 Å². The molecule has 0 atom stereocenters. The van der Waals surface area contributed by atoms with Gasteiger partial charge in [0.2, 0.25) is 0 Å². The van der Waals surface area contributed by atoms with Crippen molar-refractivity contribution in [2.24, 2.45) is 0 Å². The summed E-state index contributed by atoms with van der Waals surface area (Å²) < 4.78 is 4.90. The second kappa shape index (κ2) is 7.50. The van der Waals surface area contributed by atoms with Crippen molar-refractivity contribution in [1.82, 2.24) is 4.90 Å². The molecule has 0 spiro atoms. The van der Waals surface area contributed by atoms with Crippen molar-refractivity contribution in [2.75, 3.05) is 7.11 Å². The summed E-state index contributed by atoms with van der Waals surface area (Å²) in [4.78, 5) is 27.0. The van der Waals surface area contributed by atoms with E-state index in [2.05, 4.69) is 0 Å². The van der Waals surface area contributed by atoms with Crippen LogP contribution in [0.2, 0.25) is 0 Å². The molecule has 5 heteroatoms. The minimum Gasteiger partial charge on any atom is -0.508 e. The number of esters is 1. The molecule has 0 bridgehead atoms. The van der Waals surface area contributed by atoms with Gasteiger partial charge in [0.1, 0.15) is 5.75 Å². The number of hydrogen-bond donors (Lipinski definition) is 1. The highest BCUT2D eigenvalue weighted by atomic mass is 16.5. The molecule has 0 aliphatic carbocycles. The molecule has 138 valence electrons. The Kier molecular flexibility index (Phi) is 5.12. The van der Waals surface area contributed by atoms with Gasteiger partial charge in [-0.1, -0.05) is 42.0 Å². The van der Waals surface area contributed by atoms with Crippen molar-refractivity contribution in [3.8, 4) is 5.75 Å². The number of allylic oxidation sites excluding steroid dienone is 1. The lowest BCUT2D eigenvalue weighted by Crippen LogP contribution is -2.24. The minimum absolute atomic E-state index is 0.135. The SMILES string of the molecule is COC(=O)C1=C(C)N(Cc2ccc(C)cc2)C(=O)/C1=C\c1ccc(O)cc1. The van der Waals surface area contributed by atoms with Crippen LogP contribution in [0.15, 0.2) is 65.4 Å². The van der Waals surface area contributed by atoms with Crippen LogP contribution in [0.3, 0.4) is 0 Å². The molecule has 5 nitrogen and oxygen atoms in total. The number of aryl methyl sites for hydroxylation is 1. The molecule has 0 saturated heterocycles. The molecular formula is C22H21NO4. The fourth-order valence-corrected chi connectivity index (χ4v) is 3.03. The average molecular weight is 363 g/mol. The lowest BCUT2D eigenvalue weighted by Gasteiger charge is -2.18. The molecule has 0 fully saturated rings. The Bertz CT molecular complexity index is 937. The van der Waals surface area contributed by atoms with Crippen molar-refractivity contribution >= 4 is 18.0 Å². The first-order chi connectivity index (χ1) is 12.9. The van der Waals surface area contributed by atoms with Crippen LogP contribution in [-0.2, 0) is 20.9 Å². The number of carbonyl (C=O) groups is 2. The van der Waals surface area contributed by atoms with Crippen molar-refractivity contribution in [3.05, 3.63) is 82.1 Å². The number of aromatic hydroxyl groups is 1. The molecule has 0 aromatic heterocycles. The first-order valence-electron chi connectivity index (χ1n) is 8.58. The summed E-state index contributed by atoms with van der Waals surface area (Å²) in [6, 6.07) is 14.3. The summed E-state index contributed by atoms with van der Waals surface area (Å²) in [6.07, 6.45) is 1.65. The zero-order chi connectivity index (χ0) is 19.6. The van der Waals surface area contributed by atoms with E-state index in [1.165, 1.54) is 19.2 Å². The number of hydrogen-bond acceptors (Lipinski definition) is 4. The predicted molar refractivity (Wildman–Crippen MR) is 103 cm³/mol. The van der Waals surface area contributed by atoms with E-state index in [4.69, 9.17) is 4.74 Å². The highest BCUT2D eigenvalue weighted by Crippen LogP contribution is 2.33. The van der Waals surface area contributed by atoms with Crippen LogP contribution in [0.1, 0.15) is 23.6 Å². The summed E-state index contributed by atoms with van der Waals surface area (Å²) >= 11 is 0. The van der Waals surface area contributed by atoms with Crippen LogP contribution in [0.5, 0.6) is 5.75 Å². The number of methoxy groups -OCH3 is 1. The van der Waals surface area contributed by atoms with E-state index in [1.807, 2.05) is 31.2 Å². The van der Waals surface area contributed by atoms with Crippen molar-refractivity contribution in [2.45, 2.75) is 20.4 Å². The van der Waals surface area contributed by atoms with Crippen LogP contribution in [-0.4, -0.2) is 29.0 Å². The molecule has 1 aliphatic rings. The van der Waals surface area contributed by atoms with E-state index in [1.54, 1.807) is 30.0 Å². The summed E-state index contributed by atoms with van der Waals surface area (Å²) in [5.41, 5.74) is 3.95. The second-order valence-corrected chi connectivity index (χ2v) is 6.48. The highest BCUT2D eigenvalue weighted by Gasteiger charge is 2.36. The number of ether oxygens (including phenoxy) is 1. The van der Waals surface area contributed by atoms with E-state index >= 15 is 0 Å². The van der Waals surface area contributed by atoms with Gasteiger partial charge in [-0.05, 0) is 43.2 Å². The molecule has 3 rings (SSSR count). The van der Waals surface area contributed by atoms with Gasteiger partial charge in [0, 0.05) is 5.70 Å². The molecule has 2 aromatic carbocycles. The van der Waals surface area contributed by atoms with Gasteiger partial charge in [0.05, 0.1) is 24.8 Å². The number of amides is 1. The fourth-order valence-electron chi connectivity index (χ4n) is 3.03.